The molecule has 1 aliphatic rings. The molecule has 0 radical (unpaired) electrons. The Morgan fingerprint density at radius 2 is 2.31 bits per heavy atom. The minimum absolute atomic E-state index is 0.366. The van der Waals surface area contributed by atoms with Crippen molar-refractivity contribution < 1.29 is 14.6 Å². The lowest BCUT2D eigenvalue weighted by Gasteiger charge is -2.23. The van der Waals surface area contributed by atoms with E-state index in [0.29, 0.717) is 11.3 Å². The van der Waals surface area contributed by atoms with E-state index in [0.717, 1.165) is 4.88 Å². The molecule has 84 valence electrons. The molecule has 3 nitrogen and oxygen atoms in total. The molecule has 0 spiro atoms. The second kappa shape index (κ2) is 4.23. The van der Waals surface area contributed by atoms with Gasteiger partial charge in [0.25, 0.3) is 0 Å². The number of carbonyl (C=O) groups excluding carboxylic acids is 1. The number of esters is 1. The molecule has 0 saturated carbocycles. The third-order valence-electron chi connectivity index (χ3n) is 2.47. The fourth-order valence-electron chi connectivity index (χ4n) is 1.57. The molecular weight excluding hydrogens is 224 g/mol. The molecule has 1 atom stereocenters. The topological polar surface area (TPSA) is 46.5 Å². The monoisotopic (exact) mass is 236 g/mol. The van der Waals surface area contributed by atoms with Crippen LogP contribution in [0, 0.1) is 0 Å². The first kappa shape index (κ1) is 11.1. The van der Waals surface area contributed by atoms with E-state index >= 15 is 0 Å². The summed E-state index contributed by atoms with van der Waals surface area (Å²) in [4.78, 5) is 12.6. The number of thiophene rings is 1. The molecule has 0 aliphatic heterocycles. The maximum absolute atomic E-state index is 11.3. The van der Waals surface area contributed by atoms with Gasteiger partial charge in [0.1, 0.15) is 10.5 Å². The Morgan fingerprint density at radius 1 is 1.50 bits per heavy atom. The van der Waals surface area contributed by atoms with Crippen LogP contribution in [0.25, 0.3) is 0 Å². The number of carbonyl (C=O) groups is 1. The van der Waals surface area contributed by atoms with Gasteiger partial charge in [0.15, 0.2) is 0 Å². The zero-order valence-corrected chi connectivity index (χ0v) is 9.66. The summed E-state index contributed by atoms with van der Waals surface area (Å²) in [5.41, 5.74) is -0.980. The number of rotatable bonds is 2. The predicted octanol–water partition coefficient (Wildman–Crippen LogP) is 2.24. The Kier molecular flexibility index (Phi) is 2.94. The molecule has 1 aromatic heterocycles. The zero-order valence-electron chi connectivity index (χ0n) is 8.84. The summed E-state index contributed by atoms with van der Waals surface area (Å²) in [6.45, 7) is 0. The lowest BCUT2D eigenvalue weighted by atomic mass is 9.94. The van der Waals surface area contributed by atoms with E-state index in [4.69, 9.17) is 0 Å². The summed E-state index contributed by atoms with van der Waals surface area (Å²) >= 11 is 1.26. The highest BCUT2D eigenvalue weighted by molar-refractivity contribution is 7.14. The Balaban J connectivity index is 2.28. The zero-order chi connectivity index (χ0) is 11.6. The van der Waals surface area contributed by atoms with E-state index in [1.54, 1.807) is 24.3 Å². The van der Waals surface area contributed by atoms with Crippen LogP contribution in [0.4, 0.5) is 0 Å². The Morgan fingerprint density at radius 3 is 2.94 bits per heavy atom. The number of aliphatic hydroxyl groups is 1. The van der Waals surface area contributed by atoms with Crippen LogP contribution >= 0.6 is 11.3 Å². The van der Waals surface area contributed by atoms with Gasteiger partial charge in [-0.1, -0.05) is 18.2 Å². The van der Waals surface area contributed by atoms with E-state index in [-0.39, 0.29) is 5.97 Å². The van der Waals surface area contributed by atoms with Crippen molar-refractivity contribution in [2.75, 3.05) is 7.11 Å². The number of ether oxygens (including phenoxy) is 1. The Labute approximate surface area is 97.7 Å². The molecule has 16 heavy (non-hydrogen) atoms. The van der Waals surface area contributed by atoms with Crippen molar-refractivity contribution >= 4 is 17.3 Å². The first-order chi connectivity index (χ1) is 7.65. The average molecular weight is 236 g/mol. The molecule has 0 saturated heterocycles. The lowest BCUT2D eigenvalue weighted by Crippen LogP contribution is -2.21. The van der Waals surface area contributed by atoms with Gasteiger partial charge < -0.3 is 9.84 Å². The van der Waals surface area contributed by atoms with Crippen molar-refractivity contribution in [2.45, 2.75) is 12.0 Å². The normalized spacial score (nSPS) is 23.4. The van der Waals surface area contributed by atoms with E-state index in [2.05, 4.69) is 4.74 Å². The molecule has 0 aromatic carbocycles. The van der Waals surface area contributed by atoms with Gasteiger partial charge in [0, 0.05) is 11.3 Å². The SMILES string of the molecule is COC(=O)c1ccc(C2(O)C=CC=CC2)s1. The maximum Gasteiger partial charge on any atom is 0.348 e. The predicted molar refractivity (Wildman–Crippen MR) is 62.5 cm³/mol. The Hall–Kier alpha value is -1.39. The third-order valence-corrected chi connectivity index (χ3v) is 3.70. The van der Waals surface area contributed by atoms with E-state index in [1.165, 1.54) is 18.4 Å². The molecule has 4 heteroatoms. The summed E-state index contributed by atoms with van der Waals surface area (Å²) in [5.74, 6) is -0.366. The van der Waals surface area contributed by atoms with E-state index in [9.17, 15) is 9.90 Å². The highest BCUT2D eigenvalue weighted by atomic mass is 32.1. The lowest BCUT2D eigenvalue weighted by molar-refractivity contribution is 0.0606. The van der Waals surface area contributed by atoms with Crippen molar-refractivity contribution in [1.29, 1.82) is 0 Å². The number of methoxy groups -OCH3 is 1. The first-order valence-corrected chi connectivity index (χ1v) is 5.73. The first-order valence-electron chi connectivity index (χ1n) is 4.91. The summed E-state index contributed by atoms with van der Waals surface area (Å²) in [6, 6.07) is 3.44. The minimum Gasteiger partial charge on any atom is -0.465 e. The molecule has 1 unspecified atom stereocenters. The standard InChI is InChI=1S/C12H12O3S/c1-15-11(13)9-5-6-10(16-9)12(14)7-3-2-4-8-12/h2-7,14H,8H2,1H3. The molecule has 1 aliphatic carbocycles. The minimum atomic E-state index is -0.980. The van der Waals surface area contributed by atoms with Crippen LogP contribution in [0.1, 0.15) is 21.0 Å². The number of allylic oxidation sites excluding steroid dienone is 2. The van der Waals surface area contributed by atoms with Gasteiger partial charge in [0.05, 0.1) is 7.11 Å². The van der Waals surface area contributed by atoms with Gasteiger partial charge in [-0.05, 0) is 18.2 Å². The van der Waals surface area contributed by atoms with Crippen molar-refractivity contribution in [1.82, 2.24) is 0 Å². The third kappa shape index (κ3) is 1.94. The molecule has 0 amide bonds. The number of hydrogen-bond donors (Lipinski definition) is 1. The van der Waals surface area contributed by atoms with Crippen molar-refractivity contribution in [3.8, 4) is 0 Å². The van der Waals surface area contributed by atoms with Crippen LogP contribution in [0.2, 0.25) is 0 Å². The van der Waals surface area contributed by atoms with Crippen molar-refractivity contribution in [3.63, 3.8) is 0 Å². The second-order valence-corrected chi connectivity index (χ2v) is 4.65. The van der Waals surface area contributed by atoms with Gasteiger partial charge >= 0.3 is 5.97 Å². The average Bonchev–Trinajstić information content (AvgIpc) is 2.79. The van der Waals surface area contributed by atoms with Crippen LogP contribution in [0.3, 0.4) is 0 Å². The Bertz CT molecular complexity index is 459. The molecule has 1 N–H and O–H groups in total. The van der Waals surface area contributed by atoms with Gasteiger partial charge in [-0.25, -0.2) is 4.79 Å². The van der Waals surface area contributed by atoms with Gasteiger partial charge in [-0.15, -0.1) is 11.3 Å². The quantitative estimate of drug-likeness (QED) is 0.801. The van der Waals surface area contributed by atoms with E-state index < -0.39 is 5.60 Å². The summed E-state index contributed by atoms with van der Waals surface area (Å²) in [5, 5.41) is 10.3. The van der Waals surface area contributed by atoms with Gasteiger partial charge in [-0.2, -0.15) is 0 Å². The van der Waals surface area contributed by atoms with E-state index in [1.807, 2.05) is 12.2 Å². The fraction of sp³-hybridized carbons (Fsp3) is 0.250. The summed E-state index contributed by atoms with van der Waals surface area (Å²) in [6.07, 6.45) is 7.87. The van der Waals surface area contributed by atoms with Crippen LogP contribution in [0.15, 0.2) is 36.4 Å². The molecule has 2 rings (SSSR count). The number of hydrogen-bond acceptors (Lipinski definition) is 4. The van der Waals surface area contributed by atoms with Crippen molar-refractivity contribution in [3.05, 3.63) is 46.2 Å². The smallest absolute Gasteiger partial charge is 0.348 e. The summed E-state index contributed by atoms with van der Waals surface area (Å²) in [7, 11) is 1.35. The van der Waals surface area contributed by atoms with Crippen LogP contribution in [-0.4, -0.2) is 18.2 Å². The van der Waals surface area contributed by atoms with Gasteiger partial charge in [-0.3, -0.25) is 0 Å². The molecule has 1 heterocycles. The molecule has 0 bridgehead atoms. The highest BCUT2D eigenvalue weighted by Gasteiger charge is 2.28. The van der Waals surface area contributed by atoms with Gasteiger partial charge in [0.2, 0.25) is 0 Å². The second-order valence-electron chi connectivity index (χ2n) is 3.57. The maximum atomic E-state index is 11.3. The van der Waals surface area contributed by atoms with Crippen LogP contribution in [-0.2, 0) is 10.3 Å². The van der Waals surface area contributed by atoms with Crippen molar-refractivity contribution in [2.24, 2.45) is 0 Å². The molecule has 1 aromatic rings. The van der Waals surface area contributed by atoms with Crippen LogP contribution < -0.4 is 0 Å². The van der Waals surface area contributed by atoms with Crippen LogP contribution in [0.5, 0.6) is 0 Å². The fourth-order valence-corrected chi connectivity index (χ4v) is 2.58. The highest BCUT2D eigenvalue weighted by Crippen LogP contribution is 2.34. The largest absolute Gasteiger partial charge is 0.465 e. The molecule has 0 fully saturated rings. The summed E-state index contributed by atoms with van der Waals surface area (Å²) < 4.78 is 4.63. The molecular formula is C12H12O3S.